The van der Waals surface area contributed by atoms with Crippen molar-refractivity contribution in [2.75, 3.05) is 17.2 Å². The molecule has 0 saturated heterocycles. The van der Waals surface area contributed by atoms with Crippen molar-refractivity contribution in [3.8, 4) is 0 Å². The van der Waals surface area contributed by atoms with Crippen LogP contribution in [-0.2, 0) is 11.8 Å². The molecule has 138 valence electrons. The predicted octanol–water partition coefficient (Wildman–Crippen LogP) is 3.36. The fourth-order valence-electron chi connectivity index (χ4n) is 2.77. The molecular weight excluding hydrogens is 346 g/mol. The third kappa shape index (κ3) is 3.82. The summed E-state index contributed by atoms with van der Waals surface area (Å²) in [5, 5.41) is 6.53. The van der Waals surface area contributed by atoms with E-state index in [2.05, 4.69) is 10.6 Å². The van der Waals surface area contributed by atoms with Crippen LogP contribution in [0.15, 0.2) is 59.5 Å². The van der Waals surface area contributed by atoms with Crippen LogP contribution >= 0.6 is 0 Å². The number of carbonyl (C=O) groups is 2. The molecule has 7 nitrogen and oxygen atoms in total. The van der Waals surface area contributed by atoms with E-state index in [1.165, 1.54) is 4.57 Å². The summed E-state index contributed by atoms with van der Waals surface area (Å²) in [6.45, 7) is 1.95. The van der Waals surface area contributed by atoms with Gasteiger partial charge in [-0.1, -0.05) is 30.3 Å². The minimum absolute atomic E-state index is 0.149. The van der Waals surface area contributed by atoms with Crippen molar-refractivity contribution < 1.29 is 14.3 Å². The highest BCUT2D eigenvalue weighted by atomic mass is 16.5. The lowest BCUT2D eigenvalue weighted by atomic mass is 10.1. The molecule has 0 unspecified atom stereocenters. The second-order valence-electron chi connectivity index (χ2n) is 5.85. The number of carbonyl (C=O) groups excluding carboxylic acids is 2. The number of hydrogen-bond donors (Lipinski definition) is 2. The van der Waals surface area contributed by atoms with Crippen LogP contribution in [0.1, 0.15) is 17.3 Å². The Morgan fingerprint density at radius 2 is 1.59 bits per heavy atom. The van der Waals surface area contributed by atoms with E-state index in [1.807, 2.05) is 0 Å². The van der Waals surface area contributed by atoms with E-state index in [4.69, 9.17) is 4.74 Å². The number of pyridine rings is 1. The van der Waals surface area contributed by atoms with Gasteiger partial charge in [0.05, 0.1) is 23.5 Å². The minimum Gasteiger partial charge on any atom is -0.462 e. The number of rotatable bonds is 4. The van der Waals surface area contributed by atoms with Gasteiger partial charge < -0.3 is 19.9 Å². The van der Waals surface area contributed by atoms with Gasteiger partial charge in [0, 0.05) is 24.0 Å². The Balaban J connectivity index is 1.88. The molecule has 1 aromatic heterocycles. The Labute approximate surface area is 155 Å². The molecule has 7 heteroatoms. The molecule has 3 aromatic rings. The highest BCUT2D eigenvalue weighted by Gasteiger charge is 2.15. The van der Waals surface area contributed by atoms with E-state index in [-0.39, 0.29) is 17.7 Å². The van der Waals surface area contributed by atoms with Crippen LogP contribution in [0.5, 0.6) is 0 Å². The predicted molar refractivity (Wildman–Crippen MR) is 104 cm³/mol. The highest BCUT2D eigenvalue weighted by Crippen LogP contribution is 2.21. The highest BCUT2D eigenvalue weighted by molar-refractivity contribution is 6.08. The number of para-hydroxylation sites is 1. The minimum atomic E-state index is -0.532. The van der Waals surface area contributed by atoms with Gasteiger partial charge in [-0.05, 0) is 25.1 Å². The molecule has 2 amide bonds. The average molecular weight is 365 g/mol. The fraction of sp³-hybridized carbons (Fsp3) is 0.150. The third-order valence-electron chi connectivity index (χ3n) is 4.01. The summed E-state index contributed by atoms with van der Waals surface area (Å²) < 4.78 is 6.41. The molecule has 0 aliphatic heterocycles. The number of hydrogen-bond acceptors (Lipinski definition) is 4. The van der Waals surface area contributed by atoms with E-state index in [1.54, 1.807) is 68.7 Å². The molecule has 0 saturated carbocycles. The first-order valence-electron chi connectivity index (χ1n) is 8.43. The normalized spacial score (nSPS) is 10.4. The Bertz CT molecular complexity index is 1070. The van der Waals surface area contributed by atoms with Crippen LogP contribution < -0.4 is 16.2 Å². The molecule has 0 aliphatic rings. The number of nitrogens with zero attached hydrogens (tertiary/aromatic N) is 1. The molecule has 0 aliphatic carbocycles. The molecule has 0 spiro atoms. The van der Waals surface area contributed by atoms with E-state index < -0.39 is 12.0 Å². The first-order chi connectivity index (χ1) is 13.0. The molecule has 0 fully saturated rings. The van der Waals surface area contributed by atoms with Crippen LogP contribution in [0, 0.1) is 0 Å². The summed E-state index contributed by atoms with van der Waals surface area (Å²) >= 11 is 0. The Morgan fingerprint density at radius 1 is 0.963 bits per heavy atom. The standard InChI is InChI=1S/C20H19N3O4/c1-3-27-19(25)15-10-6-7-11-16(15)21-20(26)22-17-12-23(2)18(24)14-9-5-4-8-13(14)17/h4-12H,3H2,1-2H3,(H2,21,22,26). The summed E-state index contributed by atoms with van der Waals surface area (Å²) in [6, 6.07) is 13.1. The quantitative estimate of drug-likeness (QED) is 0.694. The van der Waals surface area contributed by atoms with Gasteiger partial charge in [0.25, 0.3) is 5.56 Å². The number of fused-ring (bicyclic) bond motifs is 1. The molecule has 1 heterocycles. The van der Waals surface area contributed by atoms with Crippen LogP contribution in [0.25, 0.3) is 10.8 Å². The molecule has 2 N–H and O–H groups in total. The number of anilines is 2. The van der Waals surface area contributed by atoms with Gasteiger partial charge in [0.1, 0.15) is 0 Å². The van der Waals surface area contributed by atoms with Crippen molar-refractivity contribution in [2.24, 2.45) is 7.05 Å². The van der Waals surface area contributed by atoms with Crippen LogP contribution in [0.3, 0.4) is 0 Å². The van der Waals surface area contributed by atoms with Gasteiger partial charge in [-0.15, -0.1) is 0 Å². The number of nitrogens with one attached hydrogen (secondary N) is 2. The number of aryl methyl sites for hydroxylation is 1. The summed E-state index contributed by atoms with van der Waals surface area (Å²) in [5.41, 5.74) is 0.936. The number of esters is 1. The van der Waals surface area contributed by atoms with Gasteiger partial charge in [-0.2, -0.15) is 0 Å². The SMILES string of the molecule is CCOC(=O)c1ccccc1NC(=O)Nc1cn(C)c(=O)c2ccccc12. The monoisotopic (exact) mass is 365 g/mol. The van der Waals surface area contributed by atoms with E-state index in [0.717, 1.165) is 0 Å². The molecule has 27 heavy (non-hydrogen) atoms. The van der Waals surface area contributed by atoms with Crippen LogP contribution in [0.2, 0.25) is 0 Å². The lowest BCUT2D eigenvalue weighted by molar-refractivity contribution is 0.0527. The molecule has 3 rings (SSSR count). The van der Waals surface area contributed by atoms with Gasteiger partial charge in [-0.3, -0.25) is 4.79 Å². The zero-order valence-electron chi connectivity index (χ0n) is 15.0. The third-order valence-corrected chi connectivity index (χ3v) is 4.01. The van der Waals surface area contributed by atoms with Crippen molar-refractivity contribution in [3.63, 3.8) is 0 Å². The van der Waals surface area contributed by atoms with Gasteiger partial charge >= 0.3 is 12.0 Å². The average Bonchev–Trinajstić information content (AvgIpc) is 2.66. The van der Waals surface area contributed by atoms with Gasteiger partial charge in [-0.25, -0.2) is 9.59 Å². The first-order valence-corrected chi connectivity index (χ1v) is 8.43. The number of ether oxygens (including phenoxy) is 1. The van der Waals surface area contributed by atoms with Crippen molar-refractivity contribution in [1.29, 1.82) is 0 Å². The maximum Gasteiger partial charge on any atom is 0.340 e. The number of aromatic nitrogens is 1. The zero-order chi connectivity index (χ0) is 19.4. The number of amides is 2. The van der Waals surface area contributed by atoms with E-state index in [9.17, 15) is 14.4 Å². The second-order valence-corrected chi connectivity index (χ2v) is 5.85. The second kappa shape index (κ2) is 7.74. The van der Waals surface area contributed by atoms with Crippen LogP contribution in [-0.4, -0.2) is 23.2 Å². The fourth-order valence-corrected chi connectivity index (χ4v) is 2.77. The first kappa shape index (κ1) is 18.2. The van der Waals surface area contributed by atoms with Gasteiger partial charge in [0.2, 0.25) is 0 Å². The van der Waals surface area contributed by atoms with Crippen molar-refractivity contribution >= 4 is 34.1 Å². The largest absolute Gasteiger partial charge is 0.462 e. The van der Waals surface area contributed by atoms with Crippen LogP contribution in [0.4, 0.5) is 16.2 Å². The molecular formula is C20H19N3O4. The summed E-state index contributed by atoms with van der Waals surface area (Å²) in [4.78, 5) is 36.7. The van der Waals surface area contributed by atoms with Crippen molar-refractivity contribution in [1.82, 2.24) is 4.57 Å². The Hall–Kier alpha value is -3.61. The maximum atomic E-state index is 12.5. The number of benzene rings is 2. The number of urea groups is 1. The summed E-state index contributed by atoms with van der Waals surface area (Å²) in [6.07, 6.45) is 1.56. The zero-order valence-corrected chi connectivity index (χ0v) is 15.0. The van der Waals surface area contributed by atoms with E-state index in [0.29, 0.717) is 22.1 Å². The van der Waals surface area contributed by atoms with Crippen molar-refractivity contribution in [3.05, 3.63) is 70.6 Å². The smallest absolute Gasteiger partial charge is 0.340 e. The maximum absolute atomic E-state index is 12.5. The molecule has 0 radical (unpaired) electrons. The Kier molecular flexibility index (Phi) is 5.21. The molecule has 2 aromatic carbocycles. The lowest BCUT2D eigenvalue weighted by Gasteiger charge is -2.13. The molecule has 0 bridgehead atoms. The summed E-state index contributed by atoms with van der Waals surface area (Å²) in [5.74, 6) is -0.513. The van der Waals surface area contributed by atoms with E-state index >= 15 is 0 Å². The Morgan fingerprint density at radius 3 is 2.33 bits per heavy atom. The topological polar surface area (TPSA) is 89.4 Å². The lowest BCUT2D eigenvalue weighted by Crippen LogP contribution is -2.24. The summed E-state index contributed by atoms with van der Waals surface area (Å²) in [7, 11) is 1.62. The van der Waals surface area contributed by atoms with Crippen molar-refractivity contribution in [2.45, 2.75) is 6.92 Å². The van der Waals surface area contributed by atoms with Gasteiger partial charge in [0.15, 0.2) is 0 Å². The molecule has 0 atom stereocenters.